The number of benzene rings is 2. The Morgan fingerprint density at radius 1 is 1.03 bits per heavy atom. The summed E-state index contributed by atoms with van der Waals surface area (Å²) in [5.41, 5.74) is 4.12. The first-order chi connectivity index (χ1) is 16.7. The number of nitrogens with one attached hydrogen (secondary N) is 3. The van der Waals surface area contributed by atoms with Crippen LogP contribution in [0.5, 0.6) is 17.2 Å². The van der Waals surface area contributed by atoms with Gasteiger partial charge >= 0.3 is 12.2 Å². The molecule has 184 valence electrons. The van der Waals surface area contributed by atoms with Crippen molar-refractivity contribution in [2.45, 2.75) is 6.18 Å². The molecule has 0 aliphatic heterocycles. The van der Waals surface area contributed by atoms with Gasteiger partial charge in [-0.05, 0) is 30.3 Å². The molecule has 1 heterocycles. The van der Waals surface area contributed by atoms with Crippen LogP contribution in [0.2, 0.25) is 0 Å². The van der Waals surface area contributed by atoms with Gasteiger partial charge in [-0.15, -0.1) is 0 Å². The number of nitrogens with two attached hydrogens (primary N) is 1. The topological polar surface area (TPSA) is 128 Å². The molecule has 0 bridgehead atoms. The van der Waals surface area contributed by atoms with Crippen LogP contribution in [0.25, 0.3) is 0 Å². The molecule has 0 aliphatic carbocycles. The number of pyridine rings is 1. The van der Waals surface area contributed by atoms with Gasteiger partial charge in [0, 0.05) is 37.6 Å². The van der Waals surface area contributed by atoms with E-state index in [2.05, 4.69) is 20.9 Å². The van der Waals surface area contributed by atoms with Crippen molar-refractivity contribution in [1.82, 2.24) is 10.3 Å². The van der Waals surface area contributed by atoms with Crippen LogP contribution < -0.4 is 31.2 Å². The van der Waals surface area contributed by atoms with Crippen LogP contribution in [-0.4, -0.2) is 37.1 Å². The lowest BCUT2D eigenvalue weighted by molar-refractivity contribution is -0.138. The van der Waals surface area contributed by atoms with Gasteiger partial charge in [-0.2, -0.15) is 13.2 Å². The zero-order chi connectivity index (χ0) is 25.4. The number of rotatable bonds is 8. The van der Waals surface area contributed by atoms with Crippen LogP contribution in [0.4, 0.5) is 29.3 Å². The summed E-state index contributed by atoms with van der Waals surface area (Å²) in [4.78, 5) is 28.1. The Morgan fingerprint density at radius 2 is 1.77 bits per heavy atom. The minimum Gasteiger partial charge on any atom is -0.492 e. The number of nitrogens with zero attached hydrogens (tertiary/aromatic N) is 1. The fourth-order valence-corrected chi connectivity index (χ4v) is 3.00. The molecule has 0 unspecified atom stereocenters. The Balaban J connectivity index is 1.74. The van der Waals surface area contributed by atoms with Gasteiger partial charge in [0.15, 0.2) is 0 Å². The summed E-state index contributed by atoms with van der Waals surface area (Å²) < 4.78 is 51.7. The third-order valence-corrected chi connectivity index (χ3v) is 4.45. The summed E-state index contributed by atoms with van der Waals surface area (Å²) in [6, 6.07) is 11.8. The molecule has 9 nitrogen and oxygen atoms in total. The number of amides is 3. The summed E-state index contributed by atoms with van der Waals surface area (Å²) in [6.07, 6.45) is -3.38. The highest BCUT2D eigenvalue weighted by atomic mass is 19.4. The molecule has 0 radical (unpaired) electrons. The van der Waals surface area contributed by atoms with Gasteiger partial charge in [-0.3, -0.25) is 9.78 Å². The molecule has 3 amide bonds. The van der Waals surface area contributed by atoms with Crippen LogP contribution in [0.3, 0.4) is 0 Å². The number of carbonyl (C=O) groups excluding carboxylic acids is 2. The van der Waals surface area contributed by atoms with Crippen molar-refractivity contribution in [3.8, 4) is 17.2 Å². The lowest BCUT2D eigenvalue weighted by atomic mass is 10.1. The molecule has 0 spiro atoms. The van der Waals surface area contributed by atoms with Crippen LogP contribution in [0.1, 0.15) is 16.1 Å². The Kier molecular flexibility index (Phi) is 8.10. The van der Waals surface area contributed by atoms with Gasteiger partial charge in [-0.1, -0.05) is 12.1 Å². The first-order valence-electron chi connectivity index (χ1n) is 10.3. The van der Waals surface area contributed by atoms with Gasteiger partial charge in [0.05, 0.1) is 5.69 Å². The highest BCUT2D eigenvalue weighted by molar-refractivity contribution is 6.00. The van der Waals surface area contributed by atoms with Gasteiger partial charge in [-0.25, -0.2) is 4.79 Å². The monoisotopic (exact) mass is 489 g/mol. The maximum Gasteiger partial charge on any atom is 0.421 e. The van der Waals surface area contributed by atoms with Gasteiger partial charge in [0.1, 0.15) is 35.1 Å². The van der Waals surface area contributed by atoms with E-state index in [9.17, 15) is 22.8 Å². The predicted molar refractivity (Wildman–Crippen MR) is 123 cm³/mol. The number of ether oxygens (including phenoxy) is 2. The molecule has 5 N–H and O–H groups in total. The van der Waals surface area contributed by atoms with E-state index >= 15 is 0 Å². The molecular formula is C23H22F3N5O4. The molecule has 0 aliphatic rings. The molecule has 12 heteroatoms. The van der Waals surface area contributed by atoms with E-state index in [4.69, 9.17) is 15.2 Å². The van der Waals surface area contributed by atoms with E-state index in [0.717, 1.165) is 12.1 Å². The maximum atomic E-state index is 13.6. The average Bonchev–Trinajstić information content (AvgIpc) is 2.81. The molecule has 3 rings (SSSR count). The molecule has 3 aromatic rings. The van der Waals surface area contributed by atoms with Crippen LogP contribution in [-0.2, 0) is 6.18 Å². The standard InChI is InChI=1S/C23H22F3N5O4/c1-28-21(32)18-13-16(8-10-29-18)35-15-5-2-4-14(12-15)30-22(33)31-17-6-3-7-19(34-11-9-27)20(17)23(24,25)26/h2-8,10,12-13H,9,11,27H2,1H3,(H,28,32)(H2,30,31,33). The lowest BCUT2D eigenvalue weighted by Crippen LogP contribution is -2.22. The third-order valence-electron chi connectivity index (χ3n) is 4.45. The van der Waals surface area contributed by atoms with Gasteiger partial charge in [0.2, 0.25) is 0 Å². The SMILES string of the molecule is CNC(=O)c1cc(Oc2cccc(NC(=O)Nc3cccc(OCCN)c3C(F)(F)F)c2)ccn1. The van der Waals surface area contributed by atoms with Crippen molar-refractivity contribution in [2.24, 2.45) is 5.73 Å². The molecule has 0 saturated heterocycles. The molecule has 0 fully saturated rings. The van der Waals surface area contributed by atoms with E-state index in [1.54, 1.807) is 12.1 Å². The zero-order valence-corrected chi connectivity index (χ0v) is 18.5. The Bertz CT molecular complexity index is 1200. The van der Waals surface area contributed by atoms with Crippen molar-refractivity contribution in [3.63, 3.8) is 0 Å². The number of halogens is 3. The molecular weight excluding hydrogens is 467 g/mol. The number of hydrogen-bond acceptors (Lipinski definition) is 6. The van der Waals surface area contributed by atoms with Crippen molar-refractivity contribution in [3.05, 3.63) is 72.1 Å². The van der Waals surface area contributed by atoms with E-state index in [0.29, 0.717) is 11.5 Å². The quantitative estimate of drug-likeness (QED) is 0.375. The summed E-state index contributed by atoms with van der Waals surface area (Å²) in [5.74, 6) is -0.197. The van der Waals surface area contributed by atoms with Crippen molar-refractivity contribution < 1.29 is 32.2 Å². The zero-order valence-electron chi connectivity index (χ0n) is 18.5. The smallest absolute Gasteiger partial charge is 0.421 e. The van der Waals surface area contributed by atoms with E-state index in [1.807, 2.05) is 0 Å². The van der Waals surface area contributed by atoms with Crippen LogP contribution in [0.15, 0.2) is 60.8 Å². The minimum absolute atomic E-state index is 0.0282. The predicted octanol–water partition coefficient (Wildman–Crippen LogP) is 4.23. The van der Waals surface area contributed by atoms with E-state index in [-0.39, 0.29) is 24.5 Å². The Hall–Kier alpha value is -4.32. The second-order valence-corrected chi connectivity index (χ2v) is 6.98. The van der Waals surface area contributed by atoms with E-state index in [1.165, 1.54) is 43.6 Å². The first kappa shape index (κ1) is 25.3. The van der Waals surface area contributed by atoms with Gasteiger partial charge < -0.3 is 31.2 Å². The summed E-state index contributed by atoms with van der Waals surface area (Å²) in [5, 5.41) is 7.12. The number of urea groups is 1. The number of alkyl halides is 3. The second-order valence-electron chi connectivity index (χ2n) is 6.98. The minimum atomic E-state index is -4.78. The van der Waals surface area contributed by atoms with Crippen LogP contribution in [0, 0.1) is 0 Å². The Labute approximate surface area is 198 Å². The highest BCUT2D eigenvalue weighted by Gasteiger charge is 2.37. The molecule has 1 aromatic heterocycles. The highest BCUT2D eigenvalue weighted by Crippen LogP contribution is 2.41. The molecule has 0 saturated carbocycles. The average molecular weight is 489 g/mol. The second kappa shape index (κ2) is 11.2. The van der Waals surface area contributed by atoms with Crippen molar-refractivity contribution in [2.75, 3.05) is 30.8 Å². The fraction of sp³-hybridized carbons (Fsp3) is 0.174. The summed E-state index contributed by atoms with van der Waals surface area (Å²) in [6.45, 7) is -0.0892. The normalized spacial score (nSPS) is 10.9. The lowest BCUT2D eigenvalue weighted by Gasteiger charge is -2.18. The first-order valence-corrected chi connectivity index (χ1v) is 10.3. The van der Waals surface area contributed by atoms with Crippen LogP contribution >= 0.6 is 0 Å². The fourth-order valence-electron chi connectivity index (χ4n) is 3.00. The number of anilines is 2. The Morgan fingerprint density at radius 3 is 2.49 bits per heavy atom. The van der Waals surface area contributed by atoms with Gasteiger partial charge in [0.25, 0.3) is 5.91 Å². The molecule has 35 heavy (non-hydrogen) atoms. The summed E-state index contributed by atoms with van der Waals surface area (Å²) >= 11 is 0. The van der Waals surface area contributed by atoms with Crippen molar-refractivity contribution in [1.29, 1.82) is 0 Å². The third kappa shape index (κ3) is 6.84. The van der Waals surface area contributed by atoms with Crippen molar-refractivity contribution >= 4 is 23.3 Å². The molecule has 2 aromatic carbocycles. The number of aromatic nitrogens is 1. The maximum absolute atomic E-state index is 13.6. The molecule has 0 atom stereocenters. The number of carbonyl (C=O) groups is 2. The number of hydrogen-bond donors (Lipinski definition) is 4. The largest absolute Gasteiger partial charge is 0.492 e. The summed E-state index contributed by atoms with van der Waals surface area (Å²) in [7, 11) is 1.47. The van der Waals surface area contributed by atoms with E-state index < -0.39 is 35.1 Å².